The summed E-state index contributed by atoms with van der Waals surface area (Å²) < 4.78 is 11.6. The molecule has 0 radical (unpaired) electrons. The Morgan fingerprint density at radius 3 is 2.22 bits per heavy atom. The molecule has 2 aromatic carbocycles. The fourth-order valence-corrected chi connectivity index (χ4v) is 8.11. The molecule has 3 heterocycles. The Hall–Kier alpha value is -3.34. The molecular weight excluding hydrogens is 614 g/mol. The maximum atomic E-state index is 13.3. The van der Waals surface area contributed by atoms with Crippen molar-refractivity contribution in [2.45, 2.75) is 62.9 Å². The van der Waals surface area contributed by atoms with Gasteiger partial charge in [-0.25, -0.2) is 0 Å². The molecule has 0 spiro atoms. The molecule has 1 aromatic heterocycles. The highest BCUT2D eigenvalue weighted by Crippen LogP contribution is 2.43. The van der Waals surface area contributed by atoms with Gasteiger partial charge in [0.25, 0.3) is 0 Å². The Balaban J connectivity index is 0.975. The van der Waals surface area contributed by atoms with Gasteiger partial charge in [0.15, 0.2) is 0 Å². The zero-order valence-electron chi connectivity index (χ0n) is 29.4. The normalized spacial score (nSPS) is 17.9. The first-order chi connectivity index (χ1) is 24.1. The highest BCUT2D eigenvalue weighted by molar-refractivity contribution is 5.91. The predicted octanol–water partition coefficient (Wildman–Crippen LogP) is 4.72. The number of unbranched alkanes of at least 4 members (excludes halogenated alkanes) is 3. The Morgan fingerprint density at radius 1 is 0.898 bits per heavy atom. The van der Waals surface area contributed by atoms with Crippen LogP contribution >= 0.6 is 0 Å². The third-order valence-corrected chi connectivity index (χ3v) is 10.7. The number of pyridine rings is 1. The van der Waals surface area contributed by atoms with Crippen LogP contribution < -0.4 is 10.5 Å². The lowest BCUT2D eigenvalue weighted by Gasteiger charge is -2.38. The molecule has 1 atom stereocenters. The number of piperidine rings is 1. The van der Waals surface area contributed by atoms with Gasteiger partial charge in [0, 0.05) is 56.8 Å². The van der Waals surface area contributed by atoms with Gasteiger partial charge in [-0.1, -0.05) is 73.5 Å². The number of ether oxygens (including phenoxy) is 2. The number of carbonyl (C=O) groups excluding carboxylic acids is 1. The van der Waals surface area contributed by atoms with Crippen molar-refractivity contribution in [3.63, 3.8) is 0 Å². The molecule has 9 heteroatoms. The van der Waals surface area contributed by atoms with Gasteiger partial charge in [-0.15, -0.1) is 0 Å². The molecule has 5 rings (SSSR count). The minimum Gasteiger partial charge on any atom is -0.496 e. The van der Waals surface area contributed by atoms with Crippen LogP contribution in [0.5, 0.6) is 5.75 Å². The number of aliphatic hydroxyl groups is 1. The van der Waals surface area contributed by atoms with Gasteiger partial charge >= 0.3 is 0 Å². The number of nitrogens with zero attached hydrogens (tertiary/aromatic N) is 4. The van der Waals surface area contributed by atoms with Gasteiger partial charge in [-0.2, -0.15) is 0 Å². The largest absolute Gasteiger partial charge is 0.496 e. The van der Waals surface area contributed by atoms with Crippen LogP contribution in [0.1, 0.15) is 61.6 Å². The van der Waals surface area contributed by atoms with Crippen LogP contribution in [0.25, 0.3) is 0 Å². The molecule has 1 amide bonds. The van der Waals surface area contributed by atoms with E-state index in [1.807, 2.05) is 48.7 Å². The summed E-state index contributed by atoms with van der Waals surface area (Å²) in [5, 5.41) is 9.72. The van der Waals surface area contributed by atoms with Crippen LogP contribution in [0.4, 0.5) is 0 Å². The van der Waals surface area contributed by atoms with E-state index >= 15 is 0 Å². The summed E-state index contributed by atoms with van der Waals surface area (Å²) in [6, 6.07) is 22.6. The van der Waals surface area contributed by atoms with Gasteiger partial charge in [0.2, 0.25) is 5.91 Å². The highest BCUT2D eigenvalue weighted by Gasteiger charge is 2.49. The zero-order chi connectivity index (χ0) is 34.3. The van der Waals surface area contributed by atoms with E-state index < -0.39 is 5.41 Å². The van der Waals surface area contributed by atoms with Crippen LogP contribution in [-0.4, -0.2) is 109 Å². The Morgan fingerprint density at radius 2 is 1.57 bits per heavy atom. The maximum Gasteiger partial charge on any atom is 0.232 e. The molecule has 0 bridgehead atoms. The summed E-state index contributed by atoms with van der Waals surface area (Å²) in [4.78, 5) is 25.0. The Labute approximate surface area is 293 Å². The number of aliphatic hydroxyl groups excluding tert-OH is 1. The third-order valence-electron chi connectivity index (χ3n) is 10.7. The third kappa shape index (κ3) is 9.67. The first-order valence-corrected chi connectivity index (χ1v) is 18.3. The number of aromatic nitrogens is 1. The fraction of sp³-hybridized carbons (Fsp3) is 0.550. The molecule has 0 unspecified atom stereocenters. The molecule has 2 saturated heterocycles. The van der Waals surface area contributed by atoms with Crippen LogP contribution in [0.2, 0.25) is 0 Å². The molecule has 3 aromatic rings. The number of benzene rings is 2. The first-order valence-electron chi connectivity index (χ1n) is 18.3. The first kappa shape index (κ1) is 36.9. The van der Waals surface area contributed by atoms with Crippen molar-refractivity contribution in [1.29, 1.82) is 0 Å². The van der Waals surface area contributed by atoms with E-state index in [2.05, 4.69) is 43.9 Å². The lowest BCUT2D eigenvalue weighted by molar-refractivity contribution is -0.123. The number of likely N-dealkylation sites (tertiary alicyclic amines) is 2. The number of hydrogen-bond acceptors (Lipinski definition) is 8. The van der Waals surface area contributed by atoms with Gasteiger partial charge < -0.3 is 25.2 Å². The molecule has 2 aliphatic heterocycles. The van der Waals surface area contributed by atoms with Crippen molar-refractivity contribution in [3.8, 4) is 5.75 Å². The number of primary amides is 1. The second kappa shape index (κ2) is 19.2. The van der Waals surface area contributed by atoms with E-state index in [0.717, 1.165) is 113 Å². The lowest BCUT2D eigenvalue weighted by Crippen LogP contribution is -2.49. The molecule has 2 aliphatic rings. The van der Waals surface area contributed by atoms with Crippen molar-refractivity contribution < 1.29 is 19.4 Å². The minimum atomic E-state index is -0.826. The van der Waals surface area contributed by atoms with Crippen LogP contribution in [0.3, 0.4) is 0 Å². The smallest absolute Gasteiger partial charge is 0.232 e. The van der Waals surface area contributed by atoms with Crippen molar-refractivity contribution in [2.24, 2.45) is 11.7 Å². The molecule has 2 fully saturated rings. The van der Waals surface area contributed by atoms with Crippen molar-refractivity contribution in [3.05, 3.63) is 95.8 Å². The average Bonchev–Trinajstić information content (AvgIpc) is 3.61. The number of rotatable bonds is 20. The van der Waals surface area contributed by atoms with E-state index in [0.29, 0.717) is 19.2 Å². The van der Waals surface area contributed by atoms with Crippen LogP contribution in [0.15, 0.2) is 79.1 Å². The van der Waals surface area contributed by atoms with E-state index in [9.17, 15) is 9.90 Å². The van der Waals surface area contributed by atoms with Gasteiger partial charge in [0.1, 0.15) is 11.2 Å². The predicted molar refractivity (Wildman–Crippen MR) is 194 cm³/mol. The van der Waals surface area contributed by atoms with Crippen molar-refractivity contribution >= 4 is 5.91 Å². The Bertz CT molecular complexity index is 1350. The molecule has 0 saturated carbocycles. The molecule has 266 valence electrons. The number of hydrogen-bond donors (Lipinski definition) is 2. The summed E-state index contributed by atoms with van der Waals surface area (Å²) >= 11 is 0. The lowest BCUT2D eigenvalue weighted by atomic mass is 9.64. The van der Waals surface area contributed by atoms with E-state index in [1.165, 1.54) is 6.42 Å². The summed E-state index contributed by atoms with van der Waals surface area (Å²) in [6.45, 7) is 9.01. The maximum absolute atomic E-state index is 13.3. The highest BCUT2D eigenvalue weighted by atomic mass is 16.5. The number of amides is 1. The zero-order valence-corrected chi connectivity index (χ0v) is 29.4. The van der Waals surface area contributed by atoms with Crippen LogP contribution in [-0.2, 0) is 21.5 Å². The van der Waals surface area contributed by atoms with Gasteiger partial charge in [0.05, 0.1) is 20.3 Å². The standard InChI is InChI=1S/C40H57N5O4/c1-48-38-16-20-42-30-33(38)31-44-23-18-37(19-24-44)45(25-27-46)26-29-49-28-11-3-2-10-21-43-22-17-36(32-43)40(39(41)47,34-12-6-4-7-13-34)35-14-8-5-9-15-35/h4-9,12-16,20,30,36-37,46H,2-3,10-11,17-19,21-29,31-32H2,1H3,(H2,41,47)/t36-/m1/s1. The number of nitrogens with two attached hydrogens (primary N) is 1. The van der Waals surface area contributed by atoms with Crippen molar-refractivity contribution in [2.75, 3.05) is 72.7 Å². The second-order valence-electron chi connectivity index (χ2n) is 13.7. The molecular formula is C40H57N5O4. The number of carbonyl (C=O) groups is 1. The molecule has 9 nitrogen and oxygen atoms in total. The molecule has 0 aliphatic carbocycles. The summed E-state index contributed by atoms with van der Waals surface area (Å²) in [5.41, 5.74) is 8.55. The van der Waals surface area contributed by atoms with Crippen molar-refractivity contribution in [1.82, 2.24) is 19.7 Å². The molecule has 49 heavy (non-hydrogen) atoms. The fourth-order valence-electron chi connectivity index (χ4n) is 8.11. The van der Waals surface area contributed by atoms with E-state index in [4.69, 9.17) is 15.2 Å². The second-order valence-corrected chi connectivity index (χ2v) is 13.7. The molecule has 3 N–H and O–H groups in total. The average molecular weight is 672 g/mol. The minimum absolute atomic E-state index is 0.136. The van der Waals surface area contributed by atoms with Gasteiger partial charge in [-0.3, -0.25) is 19.6 Å². The number of methoxy groups -OCH3 is 1. The van der Waals surface area contributed by atoms with E-state index in [-0.39, 0.29) is 18.4 Å². The summed E-state index contributed by atoms with van der Waals surface area (Å²) in [7, 11) is 1.71. The Kier molecular flexibility index (Phi) is 14.4. The summed E-state index contributed by atoms with van der Waals surface area (Å²) in [6.07, 6.45) is 11.3. The SMILES string of the molecule is COc1ccncc1CN1CCC(N(CCO)CCOCCCCCCN2CC[C@@H](C(C(N)=O)(c3ccccc3)c3ccccc3)C2)CC1. The van der Waals surface area contributed by atoms with E-state index in [1.54, 1.807) is 13.3 Å². The quantitative estimate of drug-likeness (QED) is 0.167. The topological polar surface area (TPSA) is 104 Å². The van der Waals surface area contributed by atoms with Gasteiger partial charge in [-0.05, 0) is 81.4 Å². The van der Waals surface area contributed by atoms with Crippen LogP contribution in [0, 0.1) is 5.92 Å². The monoisotopic (exact) mass is 671 g/mol. The summed E-state index contributed by atoms with van der Waals surface area (Å²) in [5.74, 6) is 0.768.